The summed E-state index contributed by atoms with van der Waals surface area (Å²) in [6.45, 7) is 4.48. The summed E-state index contributed by atoms with van der Waals surface area (Å²) in [6, 6.07) is 14.5. The van der Waals surface area contributed by atoms with Crippen molar-refractivity contribution >= 4 is 11.8 Å². The third-order valence-electron chi connectivity index (χ3n) is 4.97. The molecule has 2 aromatic rings. The van der Waals surface area contributed by atoms with Crippen LogP contribution in [0.4, 0.5) is 0 Å². The van der Waals surface area contributed by atoms with Crippen LogP contribution in [0.15, 0.2) is 48.5 Å². The van der Waals surface area contributed by atoms with Crippen molar-refractivity contribution in [2.45, 2.75) is 13.3 Å². The Bertz CT molecular complexity index is 870. The van der Waals surface area contributed by atoms with E-state index in [0.717, 1.165) is 0 Å². The number of carbonyl (C=O) groups excluding carboxylic acids is 2. The van der Waals surface area contributed by atoms with E-state index in [1.54, 1.807) is 35.1 Å². The van der Waals surface area contributed by atoms with E-state index in [1.807, 2.05) is 37.3 Å². The van der Waals surface area contributed by atoms with Crippen molar-refractivity contribution < 1.29 is 23.8 Å². The molecule has 7 nitrogen and oxygen atoms in total. The molecule has 2 amide bonds. The van der Waals surface area contributed by atoms with Gasteiger partial charge in [0.1, 0.15) is 5.75 Å². The standard InChI is InChI=1S/C23H28N2O5/c1-3-29-20-11-6-7-12-21(20)30-17-22(26)24-13-8-14-25(16-15-24)23(27)18-9-4-5-10-19(18)28-2/h4-7,9-12H,3,8,13-17H2,1-2H3. The number of carbonyl (C=O) groups is 2. The molecule has 0 aliphatic carbocycles. The number of para-hydroxylation sites is 3. The zero-order valence-corrected chi connectivity index (χ0v) is 17.5. The fourth-order valence-electron chi connectivity index (χ4n) is 3.44. The lowest BCUT2D eigenvalue weighted by Crippen LogP contribution is -2.39. The second-order valence-corrected chi connectivity index (χ2v) is 6.90. The van der Waals surface area contributed by atoms with Crippen molar-refractivity contribution in [1.82, 2.24) is 9.80 Å². The van der Waals surface area contributed by atoms with Gasteiger partial charge in [-0.25, -0.2) is 0 Å². The summed E-state index contributed by atoms with van der Waals surface area (Å²) in [6.07, 6.45) is 0.710. The van der Waals surface area contributed by atoms with Crippen LogP contribution in [0.3, 0.4) is 0 Å². The minimum atomic E-state index is -0.104. The number of nitrogens with zero attached hydrogens (tertiary/aromatic N) is 2. The van der Waals surface area contributed by atoms with Gasteiger partial charge in [0.15, 0.2) is 18.1 Å². The quantitative estimate of drug-likeness (QED) is 0.700. The monoisotopic (exact) mass is 412 g/mol. The number of benzene rings is 2. The molecule has 0 N–H and O–H groups in total. The van der Waals surface area contributed by atoms with Crippen molar-refractivity contribution in [3.05, 3.63) is 54.1 Å². The number of ether oxygens (including phenoxy) is 3. The van der Waals surface area contributed by atoms with Gasteiger partial charge < -0.3 is 24.0 Å². The van der Waals surface area contributed by atoms with E-state index in [4.69, 9.17) is 14.2 Å². The van der Waals surface area contributed by atoms with Gasteiger partial charge in [-0.15, -0.1) is 0 Å². The zero-order chi connectivity index (χ0) is 21.3. The molecule has 0 bridgehead atoms. The van der Waals surface area contributed by atoms with Crippen LogP contribution >= 0.6 is 0 Å². The van der Waals surface area contributed by atoms with Gasteiger partial charge in [-0.1, -0.05) is 24.3 Å². The summed E-state index contributed by atoms with van der Waals surface area (Å²) in [7, 11) is 1.55. The molecule has 7 heteroatoms. The summed E-state index contributed by atoms with van der Waals surface area (Å²) in [5, 5.41) is 0. The lowest BCUT2D eigenvalue weighted by atomic mass is 10.1. The molecular weight excluding hydrogens is 384 g/mol. The second kappa shape index (κ2) is 10.5. The Morgan fingerprint density at radius 1 is 0.833 bits per heavy atom. The Balaban J connectivity index is 1.57. The van der Waals surface area contributed by atoms with Crippen molar-refractivity contribution in [1.29, 1.82) is 0 Å². The van der Waals surface area contributed by atoms with Gasteiger partial charge in [0, 0.05) is 26.2 Å². The first kappa shape index (κ1) is 21.5. The Hall–Kier alpha value is -3.22. The van der Waals surface area contributed by atoms with Gasteiger partial charge in [0.25, 0.3) is 11.8 Å². The maximum Gasteiger partial charge on any atom is 0.260 e. The molecule has 0 unspecified atom stereocenters. The topological polar surface area (TPSA) is 68.3 Å². The number of rotatable bonds is 7. The molecule has 1 saturated heterocycles. The molecule has 0 radical (unpaired) electrons. The maximum atomic E-state index is 12.9. The third-order valence-corrected chi connectivity index (χ3v) is 4.97. The molecule has 1 heterocycles. The van der Waals surface area contributed by atoms with E-state index in [-0.39, 0.29) is 18.4 Å². The van der Waals surface area contributed by atoms with E-state index in [1.165, 1.54) is 0 Å². The second-order valence-electron chi connectivity index (χ2n) is 6.90. The molecule has 160 valence electrons. The fourth-order valence-corrected chi connectivity index (χ4v) is 3.44. The highest BCUT2D eigenvalue weighted by Gasteiger charge is 2.24. The highest BCUT2D eigenvalue weighted by Crippen LogP contribution is 2.26. The highest BCUT2D eigenvalue weighted by molar-refractivity contribution is 5.97. The first-order valence-corrected chi connectivity index (χ1v) is 10.2. The zero-order valence-electron chi connectivity index (χ0n) is 17.5. The van der Waals surface area contributed by atoms with Crippen molar-refractivity contribution in [2.24, 2.45) is 0 Å². The number of hydrogen-bond acceptors (Lipinski definition) is 5. The van der Waals surface area contributed by atoms with Gasteiger partial charge >= 0.3 is 0 Å². The fraction of sp³-hybridized carbons (Fsp3) is 0.391. The third kappa shape index (κ3) is 5.23. The Morgan fingerprint density at radius 2 is 1.43 bits per heavy atom. The summed E-state index contributed by atoms with van der Waals surface area (Å²) >= 11 is 0. The van der Waals surface area contributed by atoms with E-state index in [0.29, 0.717) is 62.0 Å². The van der Waals surface area contributed by atoms with Gasteiger partial charge in [-0.05, 0) is 37.6 Å². The van der Waals surface area contributed by atoms with Gasteiger partial charge in [-0.2, -0.15) is 0 Å². The molecule has 0 spiro atoms. The van der Waals surface area contributed by atoms with E-state index >= 15 is 0 Å². The normalized spacial score (nSPS) is 14.1. The van der Waals surface area contributed by atoms with Gasteiger partial charge in [0.05, 0.1) is 19.3 Å². The molecular formula is C23H28N2O5. The largest absolute Gasteiger partial charge is 0.496 e. The van der Waals surface area contributed by atoms with Crippen molar-refractivity contribution in [2.75, 3.05) is 46.5 Å². The van der Waals surface area contributed by atoms with Crippen LogP contribution in [0.1, 0.15) is 23.7 Å². The first-order valence-electron chi connectivity index (χ1n) is 10.2. The molecule has 1 aliphatic heterocycles. The van der Waals surface area contributed by atoms with Crippen molar-refractivity contribution in [3.8, 4) is 17.2 Å². The highest BCUT2D eigenvalue weighted by atomic mass is 16.5. The average molecular weight is 412 g/mol. The number of hydrogen-bond donors (Lipinski definition) is 0. The molecule has 1 fully saturated rings. The predicted octanol–water partition coefficient (Wildman–Crippen LogP) is 2.85. The van der Waals surface area contributed by atoms with Crippen LogP contribution in [0.2, 0.25) is 0 Å². The predicted molar refractivity (Wildman–Crippen MR) is 113 cm³/mol. The van der Waals surface area contributed by atoms with E-state index in [9.17, 15) is 9.59 Å². The van der Waals surface area contributed by atoms with Crippen molar-refractivity contribution in [3.63, 3.8) is 0 Å². The molecule has 0 aromatic heterocycles. The Labute approximate surface area is 177 Å². The molecule has 0 atom stereocenters. The summed E-state index contributed by atoms with van der Waals surface area (Å²) in [5.41, 5.74) is 0.538. The molecule has 30 heavy (non-hydrogen) atoms. The van der Waals surface area contributed by atoms with Crippen LogP contribution < -0.4 is 14.2 Å². The summed E-state index contributed by atoms with van der Waals surface area (Å²) in [4.78, 5) is 29.1. The molecule has 0 saturated carbocycles. The smallest absolute Gasteiger partial charge is 0.260 e. The van der Waals surface area contributed by atoms with E-state index in [2.05, 4.69) is 0 Å². The van der Waals surface area contributed by atoms with Crippen LogP contribution in [-0.4, -0.2) is 68.1 Å². The van der Waals surface area contributed by atoms with Crippen LogP contribution in [0, 0.1) is 0 Å². The van der Waals surface area contributed by atoms with E-state index < -0.39 is 0 Å². The van der Waals surface area contributed by atoms with Crippen LogP contribution in [0.5, 0.6) is 17.2 Å². The molecule has 1 aliphatic rings. The SMILES string of the molecule is CCOc1ccccc1OCC(=O)N1CCCN(C(=O)c2ccccc2OC)CC1. The Morgan fingerprint density at radius 3 is 2.13 bits per heavy atom. The average Bonchev–Trinajstić information content (AvgIpc) is 3.04. The minimum absolute atomic E-state index is 0.0649. The first-order chi connectivity index (χ1) is 14.6. The summed E-state index contributed by atoms with van der Waals surface area (Å²) < 4.78 is 16.5. The minimum Gasteiger partial charge on any atom is -0.496 e. The van der Waals surface area contributed by atoms with Crippen LogP contribution in [0.25, 0.3) is 0 Å². The molecule has 3 rings (SSSR count). The number of methoxy groups -OCH3 is 1. The maximum absolute atomic E-state index is 12.9. The van der Waals surface area contributed by atoms with Gasteiger partial charge in [0.2, 0.25) is 0 Å². The number of amides is 2. The van der Waals surface area contributed by atoms with Crippen LogP contribution in [-0.2, 0) is 4.79 Å². The molecule has 2 aromatic carbocycles. The Kier molecular flexibility index (Phi) is 7.54. The summed E-state index contributed by atoms with van der Waals surface area (Å²) in [5.74, 6) is 1.55. The lowest BCUT2D eigenvalue weighted by molar-refractivity contribution is -0.133. The lowest BCUT2D eigenvalue weighted by Gasteiger charge is -2.23. The van der Waals surface area contributed by atoms with Gasteiger partial charge in [-0.3, -0.25) is 9.59 Å².